The van der Waals surface area contributed by atoms with Gasteiger partial charge in [-0.05, 0) is 6.07 Å². The van der Waals surface area contributed by atoms with Crippen molar-refractivity contribution in [3.63, 3.8) is 0 Å². The van der Waals surface area contributed by atoms with Crippen molar-refractivity contribution in [3.8, 4) is 0 Å². The second-order valence-corrected chi connectivity index (χ2v) is 3.20. The summed E-state index contributed by atoms with van der Waals surface area (Å²) in [5.74, 6) is 0.685. The summed E-state index contributed by atoms with van der Waals surface area (Å²) in [6.07, 6.45) is 3.13. The Morgan fingerprint density at radius 2 is 2.36 bits per heavy atom. The highest BCUT2D eigenvalue weighted by molar-refractivity contribution is 7.84. The van der Waals surface area contributed by atoms with Crippen molar-refractivity contribution >= 4 is 16.6 Å². The lowest BCUT2D eigenvalue weighted by atomic mass is 10.6. The van der Waals surface area contributed by atoms with E-state index in [0.29, 0.717) is 11.0 Å². The number of hydrogen-bond donors (Lipinski definition) is 1. The molecule has 0 amide bonds. The first-order chi connectivity index (χ1) is 5.24. The summed E-state index contributed by atoms with van der Waals surface area (Å²) in [5.41, 5.74) is 0. The molecule has 0 saturated heterocycles. The molecule has 0 spiro atoms. The van der Waals surface area contributed by atoms with Crippen LogP contribution in [0.15, 0.2) is 17.4 Å². The maximum Gasteiger partial charge on any atom is 0.220 e. The molecule has 4 nitrogen and oxygen atoms in total. The highest BCUT2D eigenvalue weighted by Crippen LogP contribution is 2.02. The monoisotopic (exact) mass is 171 g/mol. The van der Waals surface area contributed by atoms with Crippen molar-refractivity contribution in [2.75, 3.05) is 18.6 Å². The summed E-state index contributed by atoms with van der Waals surface area (Å²) in [5, 5.41) is 3.19. The molecule has 1 unspecified atom stereocenters. The molecule has 1 atom stereocenters. The Morgan fingerprint density at radius 3 is 2.91 bits per heavy atom. The predicted octanol–water partition coefficient (Wildman–Crippen LogP) is 0.256. The predicted molar refractivity (Wildman–Crippen MR) is 43.9 cm³/mol. The minimum atomic E-state index is -1.10. The van der Waals surface area contributed by atoms with E-state index < -0.39 is 10.8 Å². The lowest BCUT2D eigenvalue weighted by molar-refractivity contribution is 0.680. The molecule has 0 aromatic carbocycles. The van der Waals surface area contributed by atoms with Crippen molar-refractivity contribution in [1.82, 2.24) is 9.97 Å². The molecule has 11 heavy (non-hydrogen) atoms. The van der Waals surface area contributed by atoms with E-state index in [-0.39, 0.29) is 0 Å². The molecular formula is C6H9N3OS. The molecule has 5 heteroatoms. The second-order valence-electron chi connectivity index (χ2n) is 1.93. The van der Waals surface area contributed by atoms with Gasteiger partial charge in [0.25, 0.3) is 0 Å². The highest BCUT2D eigenvalue weighted by atomic mass is 32.2. The third kappa shape index (κ3) is 1.98. The first kappa shape index (κ1) is 8.13. The van der Waals surface area contributed by atoms with E-state index in [2.05, 4.69) is 15.3 Å². The fourth-order valence-corrected chi connectivity index (χ4v) is 1.05. The minimum absolute atomic E-state index is 0.358. The summed E-state index contributed by atoms with van der Waals surface area (Å²) in [7, 11) is 0.652. The number of nitrogens with zero attached hydrogens (tertiary/aromatic N) is 2. The van der Waals surface area contributed by atoms with Crippen LogP contribution in [-0.4, -0.2) is 27.5 Å². The molecular weight excluding hydrogens is 162 g/mol. The van der Waals surface area contributed by atoms with Gasteiger partial charge in [0.1, 0.15) is 5.82 Å². The van der Waals surface area contributed by atoms with Crippen molar-refractivity contribution in [2.24, 2.45) is 0 Å². The van der Waals surface area contributed by atoms with Gasteiger partial charge in [-0.2, -0.15) is 0 Å². The quantitative estimate of drug-likeness (QED) is 0.648. The molecule has 1 aromatic heterocycles. The zero-order valence-corrected chi connectivity index (χ0v) is 7.18. The van der Waals surface area contributed by atoms with E-state index in [1.165, 1.54) is 0 Å². The van der Waals surface area contributed by atoms with Gasteiger partial charge in [-0.1, -0.05) is 0 Å². The smallest absolute Gasteiger partial charge is 0.220 e. The van der Waals surface area contributed by atoms with E-state index in [1.54, 1.807) is 25.6 Å². The number of aromatic nitrogens is 2. The largest absolute Gasteiger partial charge is 0.373 e. The lowest BCUT2D eigenvalue weighted by Gasteiger charge is -1.98. The molecule has 1 rings (SSSR count). The van der Waals surface area contributed by atoms with Crippen LogP contribution in [0.4, 0.5) is 5.82 Å². The van der Waals surface area contributed by atoms with Gasteiger partial charge in [0.2, 0.25) is 5.16 Å². The van der Waals surface area contributed by atoms with Gasteiger partial charge < -0.3 is 5.32 Å². The van der Waals surface area contributed by atoms with Crippen LogP contribution in [0.1, 0.15) is 0 Å². The van der Waals surface area contributed by atoms with Gasteiger partial charge >= 0.3 is 0 Å². The molecule has 0 fully saturated rings. The van der Waals surface area contributed by atoms with Crippen LogP contribution in [0.3, 0.4) is 0 Å². The Morgan fingerprint density at radius 1 is 1.64 bits per heavy atom. The molecule has 1 aromatic rings. The van der Waals surface area contributed by atoms with Gasteiger partial charge in [0, 0.05) is 19.5 Å². The first-order valence-corrected chi connectivity index (χ1v) is 4.64. The van der Waals surface area contributed by atoms with Gasteiger partial charge in [0.05, 0.1) is 10.8 Å². The van der Waals surface area contributed by atoms with Crippen LogP contribution < -0.4 is 5.32 Å². The molecule has 0 radical (unpaired) electrons. The van der Waals surface area contributed by atoms with E-state index in [1.807, 2.05) is 0 Å². The van der Waals surface area contributed by atoms with Gasteiger partial charge in [-0.25, -0.2) is 9.97 Å². The minimum Gasteiger partial charge on any atom is -0.373 e. The van der Waals surface area contributed by atoms with Crippen LogP contribution >= 0.6 is 0 Å². The standard InChI is InChI=1S/C6H9N3OS/c1-7-5-3-4-8-6(9-5)11(2)10/h3-4H,1-2H3,(H,7,8,9). The van der Waals surface area contributed by atoms with Crippen LogP contribution in [-0.2, 0) is 10.8 Å². The van der Waals surface area contributed by atoms with Gasteiger partial charge in [0.15, 0.2) is 0 Å². The van der Waals surface area contributed by atoms with Crippen LogP contribution in [0, 0.1) is 0 Å². The second kappa shape index (κ2) is 3.43. The van der Waals surface area contributed by atoms with Crippen LogP contribution in [0.2, 0.25) is 0 Å². The zero-order valence-electron chi connectivity index (χ0n) is 6.37. The Kier molecular flexibility index (Phi) is 2.53. The molecule has 60 valence electrons. The third-order valence-electron chi connectivity index (χ3n) is 1.15. The summed E-state index contributed by atoms with van der Waals surface area (Å²) >= 11 is 0. The first-order valence-electron chi connectivity index (χ1n) is 3.08. The normalized spacial score (nSPS) is 12.5. The molecule has 0 aliphatic rings. The van der Waals surface area contributed by atoms with E-state index in [9.17, 15) is 4.21 Å². The van der Waals surface area contributed by atoms with E-state index >= 15 is 0 Å². The highest BCUT2D eigenvalue weighted by Gasteiger charge is 2.00. The molecule has 1 N–H and O–H groups in total. The average molecular weight is 171 g/mol. The number of hydrogen-bond acceptors (Lipinski definition) is 4. The van der Waals surface area contributed by atoms with E-state index in [4.69, 9.17) is 0 Å². The summed E-state index contributed by atoms with van der Waals surface area (Å²) in [4.78, 5) is 7.80. The molecule has 0 saturated carbocycles. The maximum absolute atomic E-state index is 10.9. The van der Waals surface area contributed by atoms with E-state index in [0.717, 1.165) is 0 Å². The lowest BCUT2D eigenvalue weighted by Crippen LogP contribution is -1.99. The topological polar surface area (TPSA) is 54.9 Å². The number of rotatable bonds is 2. The fourth-order valence-electron chi connectivity index (χ4n) is 0.619. The Bertz CT molecular complexity index is 276. The number of anilines is 1. The van der Waals surface area contributed by atoms with Gasteiger partial charge in [-0.3, -0.25) is 4.21 Å². The zero-order chi connectivity index (χ0) is 8.27. The summed E-state index contributed by atoms with van der Waals surface area (Å²) in [6.45, 7) is 0. The number of nitrogens with one attached hydrogen (secondary N) is 1. The average Bonchev–Trinajstić information content (AvgIpc) is 2.05. The summed E-state index contributed by atoms with van der Waals surface area (Å²) < 4.78 is 10.9. The van der Waals surface area contributed by atoms with Crippen molar-refractivity contribution in [2.45, 2.75) is 5.16 Å². The molecule has 1 heterocycles. The molecule has 0 aliphatic heterocycles. The fraction of sp³-hybridized carbons (Fsp3) is 0.333. The Labute approximate surface area is 67.5 Å². The SMILES string of the molecule is CNc1ccnc(S(C)=O)n1. The van der Waals surface area contributed by atoms with Crippen molar-refractivity contribution in [1.29, 1.82) is 0 Å². The van der Waals surface area contributed by atoms with Crippen molar-refractivity contribution in [3.05, 3.63) is 12.3 Å². The molecule has 0 aliphatic carbocycles. The summed E-state index contributed by atoms with van der Waals surface area (Å²) in [6, 6.07) is 1.72. The Hall–Kier alpha value is -0.970. The van der Waals surface area contributed by atoms with Gasteiger partial charge in [-0.15, -0.1) is 0 Å². The van der Waals surface area contributed by atoms with Crippen LogP contribution in [0.5, 0.6) is 0 Å². The van der Waals surface area contributed by atoms with Crippen molar-refractivity contribution < 1.29 is 4.21 Å². The molecule has 0 bridgehead atoms. The van der Waals surface area contributed by atoms with Crippen LogP contribution in [0.25, 0.3) is 0 Å². The third-order valence-corrected chi connectivity index (χ3v) is 1.86. The maximum atomic E-state index is 10.9. The Balaban J connectivity index is 3.01.